The molecule has 0 saturated carbocycles. The lowest BCUT2D eigenvalue weighted by Gasteiger charge is -2.11. The van der Waals surface area contributed by atoms with Crippen LogP contribution in [0.2, 0.25) is 0 Å². The largest absolute Gasteiger partial charge is 0.396 e. The molecule has 35 heavy (non-hydrogen) atoms. The molecule has 2 N–H and O–H groups in total. The number of thioether (sulfide) groups is 1. The molecule has 0 atom stereocenters. The van der Waals surface area contributed by atoms with Crippen LogP contribution < -0.4 is 11.1 Å². The molecule has 3 aromatic rings. The Kier molecular flexibility index (Phi) is 9.75. The molecular formula is C28H30ClF2N3S. The van der Waals surface area contributed by atoms with E-state index in [4.69, 9.17) is 17.3 Å². The highest BCUT2D eigenvalue weighted by Crippen LogP contribution is 2.26. The summed E-state index contributed by atoms with van der Waals surface area (Å²) in [5.74, 6) is -0.689. The predicted octanol–water partition coefficient (Wildman–Crippen LogP) is 7.71. The van der Waals surface area contributed by atoms with Gasteiger partial charge in [-0.1, -0.05) is 55.8 Å². The fourth-order valence-corrected chi connectivity index (χ4v) is 4.16. The number of benzene rings is 2. The Bertz CT molecular complexity index is 1290. The molecule has 1 heterocycles. The molecule has 1 aromatic heterocycles. The third-order valence-corrected chi connectivity index (χ3v) is 6.70. The fourth-order valence-electron chi connectivity index (χ4n) is 3.63. The van der Waals surface area contributed by atoms with E-state index in [1.54, 1.807) is 49.2 Å². The average Bonchev–Trinajstić information content (AvgIpc) is 2.86. The van der Waals surface area contributed by atoms with Gasteiger partial charge in [0.2, 0.25) is 0 Å². The van der Waals surface area contributed by atoms with Gasteiger partial charge in [0.1, 0.15) is 11.6 Å². The van der Waals surface area contributed by atoms with Crippen molar-refractivity contribution in [1.29, 1.82) is 0 Å². The van der Waals surface area contributed by atoms with E-state index < -0.39 is 5.83 Å². The number of nitrogens with zero attached hydrogens (tertiary/aromatic N) is 2. The van der Waals surface area contributed by atoms with Crippen LogP contribution in [0.1, 0.15) is 32.3 Å². The van der Waals surface area contributed by atoms with Gasteiger partial charge in [-0.05, 0) is 54.5 Å². The fraction of sp³-hybridized carbons (Fsp3) is 0.250. The van der Waals surface area contributed by atoms with E-state index in [9.17, 15) is 8.78 Å². The Hall–Kier alpha value is -2.83. The van der Waals surface area contributed by atoms with Gasteiger partial charge in [-0.2, -0.15) is 0 Å². The summed E-state index contributed by atoms with van der Waals surface area (Å²) in [6.45, 7) is 4.34. The van der Waals surface area contributed by atoms with E-state index in [-0.39, 0.29) is 17.4 Å². The number of hydrogen-bond acceptors (Lipinski definition) is 3. The van der Waals surface area contributed by atoms with Crippen LogP contribution in [0, 0.1) is 5.82 Å². The van der Waals surface area contributed by atoms with E-state index in [0.29, 0.717) is 41.6 Å². The lowest BCUT2D eigenvalue weighted by atomic mass is 10.0. The molecule has 0 unspecified atom stereocenters. The Morgan fingerprint density at radius 3 is 2.49 bits per heavy atom. The van der Waals surface area contributed by atoms with Crippen LogP contribution in [0.15, 0.2) is 93.3 Å². The van der Waals surface area contributed by atoms with Crippen molar-refractivity contribution in [2.45, 2.75) is 38.1 Å². The zero-order valence-electron chi connectivity index (χ0n) is 20.2. The van der Waals surface area contributed by atoms with Crippen LogP contribution in [-0.4, -0.2) is 17.4 Å². The summed E-state index contributed by atoms with van der Waals surface area (Å²) in [5.41, 5.74) is 9.35. The van der Waals surface area contributed by atoms with Crippen LogP contribution in [0.25, 0.3) is 11.1 Å². The van der Waals surface area contributed by atoms with Gasteiger partial charge in [0.25, 0.3) is 0 Å². The molecule has 7 heteroatoms. The maximum atomic E-state index is 14.8. The average molecular weight is 514 g/mol. The summed E-state index contributed by atoms with van der Waals surface area (Å²) in [6.07, 6.45) is 8.47. The van der Waals surface area contributed by atoms with Crippen LogP contribution in [0.4, 0.5) is 14.5 Å². The van der Waals surface area contributed by atoms with E-state index in [1.165, 1.54) is 0 Å². The van der Waals surface area contributed by atoms with Crippen molar-refractivity contribution >= 4 is 29.1 Å². The van der Waals surface area contributed by atoms with Gasteiger partial charge in [0.15, 0.2) is 0 Å². The number of nitrogens with two attached hydrogens (primary N) is 1. The van der Waals surface area contributed by atoms with Crippen molar-refractivity contribution in [1.82, 2.24) is 4.57 Å². The molecule has 0 spiro atoms. The normalized spacial score (nSPS) is 13.2. The van der Waals surface area contributed by atoms with Crippen LogP contribution in [0.5, 0.6) is 0 Å². The number of nitrogen functional groups attached to an aromatic ring is 1. The molecule has 3 rings (SSSR count). The van der Waals surface area contributed by atoms with Gasteiger partial charge in [-0.15, -0.1) is 11.8 Å². The van der Waals surface area contributed by atoms with Crippen LogP contribution in [0.3, 0.4) is 0 Å². The number of hydrogen-bond donors (Lipinski definition) is 1. The van der Waals surface area contributed by atoms with Crippen molar-refractivity contribution in [3.05, 3.63) is 100 Å². The predicted molar refractivity (Wildman–Crippen MR) is 145 cm³/mol. The molecule has 2 aromatic carbocycles. The monoisotopic (exact) mass is 513 g/mol. The molecule has 3 nitrogen and oxygen atoms in total. The van der Waals surface area contributed by atoms with E-state index in [1.807, 2.05) is 54.3 Å². The van der Waals surface area contributed by atoms with Crippen molar-refractivity contribution in [3.63, 3.8) is 0 Å². The molecule has 184 valence electrons. The molecular weight excluding hydrogens is 484 g/mol. The Balaban J connectivity index is 1.77. The minimum Gasteiger partial charge on any atom is -0.396 e. The lowest BCUT2D eigenvalue weighted by Crippen LogP contribution is -2.14. The summed E-state index contributed by atoms with van der Waals surface area (Å²) in [5, 5.41) is 0.757. The van der Waals surface area contributed by atoms with Crippen LogP contribution in [-0.2, 0) is 6.54 Å². The first-order valence-corrected chi connectivity index (χ1v) is 13.1. The van der Waals surface area contributed by atoms with Crippen molar-refractivity contribution in [3.8, 4) is 11.1 Å². The highest BCUT2D eigenvalue weighted by molar-refractivity contribution is 7.98. The van der Waals surface area contributed by atoms with E-state index in [0.717, 1.165) is 16.0 Å². The Morgan fingerprint density at radius 2 is 1.89 bits per heavy atom. The molecule has 0 aliphatic carbocycles. The van der Waals surface area contributed by atoms with E-state index in [2.05, 4.69) is 4.99 Å². The summed E-state index contributed by atoms with van der Waals surface area (Å²) < 4.78 is 31.2. The molecule has 0 radical (unpaired) electrons. The number of halogens is 3. The zero-order chi connectivity index (χ0) is 25.4. The second kappa shape index (κ2) is 12.8. The van der Waals surface area contributed by atoms with Crippen molar-refractivity contribution in [2.75, 3.05) is 18.5 Å². The lowest BCUT2D eigenvalue weighted by molar-refractivity contribution is 0.627. The molecule has 0 saturated heterocycles. The SMILES string of the molecule is CC/C=C(CN=c1ccn(Cc2ccc(-c3ccc(SC)cc3)c(F)c2)cc1N)\C(F)=C(\Cl)CC. The third kappa shape index (κ3) is 7.09. The summed E-state index contributed by atoms with van der Waals surface area (Å²) in [6, 6.07) is 14.9. The van der Waals surface area contributed by atoms with Crippen LogP contribution >= 0.6 is 23.4 Å². The maximum Gasteiger partial charge on any atom is 0.142 e. The van der Waals surface area contributed by atoms with E-state index >= 15 is 0 Å². The first-order chi connectivity index (χ1) is 16.9. The Labute approximate surface area is 215 Å². The molecule has 0 amide bonds. The number of aromatic nitrogens is 1. The first kappa shape index (κ1) is 26.8. The zero-order valence-corrected chi connectivity index (χ0v) is 21.8. The molecule has 0 bridgehead atoms. The first-order valence-electron chi connectivity index (χ1n) is 11.5. The van der Waals surface area contributed by atoms with Gasteiger partial charge in [0.05, 0.1) is 22.6 Å². The summed E-state index contributed by atoms with van der Waals surface area (Å²) in [7, 11) is 0. The highest BCUT2D eigenvalue weighted by Gasteiger charge is 2.09. The van der Waals surface area contributed by atoms with Crippen molar-refractivity contribution < 1.29 is 8.78 Å². The van der Waals surface area contributed by atoms with Gasteiger partial charge in [-0.25, -0.2) is 8.78 Å². The summed E-state index contributed by atoms with van der Waals surface area (Å²) >= 11 is 7.64. The minimum atomic E-state index is -0.421. The second-order valence-electron chi connectivity index (χ2n) is 8.03. The van der Waals surface area contributed by atoms with Gasteiger partial charge in [-0.3, -0.25) is 4.99 Å². The molecule has 0 aliphatic rings. The summed E-state index contributed by atoms with van der Waals surface area (Å²) in [4.78, 5) is 5.62. The van der Waals surface area contributed by atoms with Gasteiger partial charge >= 0.3 is 0 Å². The highest BCUT2D eigenvalue weighted by atomic mass is 35.5. The third-order valence-electron chi connectivity index (χ3n) is 5.52. The Morgan fingerprint density at radius 1 is 1.14 bits per heavy atom. The molecule has 0 aliphatic heterocycles. The number of allylic oxidation sites excluding steroid dienone is 2. The second-order valence-corrected chi connectivity index (χ2v) is 9.36. The topological polar surface area (TPSA) is 43.3 Å². The maximum absolute atomic E-state index is 14.8. The minimum absolute atomic E-state index is 0.148. The quantitative estimate of drug-likeness (QED) is 0.235. The number of rotatable bonds is 9. The number of anilines is 1. The van der Waals surface area contributed by atoms with Gasteiger partial charge < -0.3 is 10.3 Å². The smallest absolute Gasteiger partial charge is 0.142 e. The standard InChI is InChI=1S/C28H30ClF2N3S/c1-4-6-21(28(31)24(29)5-2)16-33-27-13-14-34(18-26(27)32)17-19-7-12-23(25(30)15-19)20-8-10-22(35-3)11-9-20/h6-15,18H,4-5,16-17,32H2,1-3H3/b21-6-,28-24-,33-27?. The molecule has 0 fully saturated rings. The van der Waals surface area contributed by atoms with Gasteiger partial charge in [0, 0.05) is 35.0 Å². The van der Waals surface area contributed by atoms with Crippen molar-refractivity contribution in [2.24, 2.45) is 4.99 Å². The number of pyridine rings is 1.